The minimum Gasteiger partial charge on any atom is -0.508 e. The third-order valence-corrected chi connectivity index (χ3v) is 2.73. The molecule has 1 amide bonds. The van der Waals surface area contributed by atoms with E-state index in [0.29, 0.717) is 17.1 Å². The van der Waals surface area contributed by atoms with Crippen molar-refractivity contribution in [3.8, 4) is 17.2 Å². The van der Waals surface area contributed by atoms with Crippen LogP contribution in [0.15, 0.2) is 36.4 Å². The maximum atomic E-state index is 11.1. The summed E-state index contributed by atoms with van der Waals surface area (Å²) in [7, 11) is 0. The minimum absolute atomic E-state index is 0.153. The van der Waals surface area contributed by atoms with Gasteiger partial charge in [0, 0.05) is 11.6 Å². The maximum absolute atomic E-state index is 11.1. The molecule has 0 spiro atoms. The van der Waals surface area contributed by atoms with Crippen LogP contribution < -0.4 is 10.5 Å². The van der Waals surface area contributed by atoms with Crippen molar-refractivity contribution in [3.05, 3.63) is 53.1 Å². The number of hydrogen-bond donors (Lipinski definition) is 2. The third kappa shape index (κ3) is 3.04. The van der Waals surface area contributed by atoms with Crippen LogP contribution in [-0.4, -0.2) is 11.0 Å². The second-order valence-corrected chi connectivity index (χ2v) is 4.45. The van der Waals surface area contributed by atoms with Gasteiger partial charge in [0.25, 0.3) is 0 Å². The van der Waals surface area contributed by atoms with E-state index in [0.717, 1.165) is 11.1 Å². The van der Waals surface area contributed by atoms with Crippen LogP contribution in [0.5, 0.6) is 17.2 Å². The van der Waals surface area contributed by atoms with Crippen molar-refractivity contribution < 1.29 is 14.6 Å². The summed E-state index contributed by atoms with van der Waals surface area (Å²) >= 11 is 0. The highest BCUT2D eigenvalue weighted by Gasteiger charge is 2.07. The molecule has 0 atom stereocenters. The number of carbonyl (C=O) groups excluding carboxylic acids is 1. The Morgan fingerprint density at radius 3 is 2.42 bits per heavy atom. The first-order valence-electron chi connectivity index (χ1n) is 5.84. The lowest BCUT2D eigenvalue weighted by atomic mass is 10.1. The molecule has 4 nitrogen and oxygen atoms in total. The number of phenols is 1. The van der Waals surface area contributed by atoms with Crippen molar-refractivity contribution in [2.24, 2.45) is 5.73 Å². The molecule has 0 bridgehead atoms. The van der Waals surface area contributed by atoms with Gasteiger partial charge in [-0.25, -0.2) is 0 Å². The highest BCUT2D eigenvalue weighted by Crippen LogP contribution is 2.27. The molecule has 0 aromatic heterocycles. The van der Waals surface area contributed by atoms with Crippen molar-refractivity contribution in [1.29, 1.82) is 0 Å². The largest absolute Gasteiger partial charge is 0.508 e. The van der Waals surface area contributed by atoms with Gasteiger partial charge in [-0.2, -0.15) is 0 Å². The van der Waals surface area contributed by atoms with Gasteiger partial charge in [0.2, 0.25) is 5.91 Å². The van der Waals surface area contributed by atoms with Gasteiger partial charge in [-0.05, 0) is 55.3 Å². The number of primary amides is 1. The van der Waals surface area contributed by atoms with E-state index in [1.54, 1.807) is 31.2 Å². The summed E-state index contributed by atoms with van der Waals surface area (Å²) in [5.41, 5.74) is 7.37. The van der Waals surface area contributed by atoms with Gasteiger partial charge < -0.3 is 15.6 Å². The first-order valence-corrected chi connectivity index (χ1v) is 5.84. The lowest BCUT2D eigenvalue weighted by Gasteiger charge is -2.09. The molecule has 0 aliphatic rings. The van der Waals surface area contributed by atoms with Gasteiger partial charge in [0.15, 0.2) is 0 Å². The topological polar surface area (TPSA) is 72.6 Å². The maximum Gasteiger partial charge on any atom is 0.248 e. The predicted molar refractivity (Wildman–Crippen MR) is 72.6 cm³/mol. The molecule has 0 radical (unpaired) electrons. The zero-order valence-electron chi connectivity index (χ0n) is 10.8. The van der Waals surface area contributed by atoms with Gasteiger partial charge in [-0.1, -0.05) is 0 Å². The molecule has 3 N–H and O–H groups in total. The molecule has 2 aromatic rings. The Morgan fingerprint density at radius 2 is 1.84 bits per heavy atom. The predicted octanol–water partition coefficient (Wildman–Crippen LogP) is 2.90. The number of carbonyl (C=O) groups is 1. The molecule has 0 saturated carbocycles. The second-order valence-electron chi connectivity index (χ2n) is 4.45. The average Bonchev–Trinajstić information content (AvgIpc) is 2.26. The molecule has 0 heterocycles. The Kier molecular flexibility index (Phi) is 3.42. The summed E-state index contributed by atoms with van der Waals surface area (Å²) in [6.07, 6.45) is 0. The number of phenolic OH excluding ortho intramolecular Hbond substituents is 1. The Morgan fingerprint density at radius 1 is 1.11 bits per heavy atom. The molecular formula is C15H15NO3. The fourth-order valence-corrected chi connectivity index (χ4v) is 1.90. The van der Waals surface area contributed by atoms with Crippen molar-refractivity contribution in [2.75, 3.05) is 0 Å². The van der Waals surface area contributed by atoms with Crippen LogP contribution in [-0.2, 0) is 0 Å². The van der Waals surface area contributed by atoms with Crippen LogP contribution in [0, 0.1) is 13.8 Å². The Labute approximate surface area is 111 Å². The fraction of sp³-hybridized carbons (Fsp3) is 0.133. The number of aromatic hydroxyl groups is 1. The van der Waals surface area contributed by atoms with Crippen molar-refractivity contribution in [2.45, 2.75) is 13.8 Å². The quantitative estimate of drug-likeness (QED) is 0.888. The smallest absolute Gasteiger partial charge is 0.248 e. The van der Waals surface area contributed by atoms with Crippen LogP contribution in [0.2, 0.25) is 0 Å². The highest BCUT2D eigenvalue weighted by molar-refractivity contribution is 5.94. The standard InChI is InChI=1S/C15H15NO3/c1-9-5-11(17)8-13(6-9)19-12-3-4-14(15(16)18)10(2)7-12/h3-8,17H,1-2H3,(H2,16,18). The first-order chi connectivity index (χ1) is 8.95. The van der Waals surface area contributed by atoms with E-state index >= 15 is 0 Å². The Balaban J connectivity index is 2.28. The number of amides is 1. The molecule has 2 aromatic carbocycles. The summed E-state index contributed by atoms with van der Waals surface area (Å²) in [6.45, 7) is 3.66. The normalized spacial score (nSPS) is 10.2. The summed E-state index contributed by atoms with van der Waals surface area (Å²) in [4.78, 5) is 11.1. The highest BCUT2D eigenvalue weighted by atomic mass is 16.5. The van der Waals surface area contributed by atoms with E-state index in [4.69, 9.17) is 10.5 Å². The number of hydrogen-bond acceptors (Lipinski definition) is 3. The first kappa shape index (κ1) is 13.0. The molecule has 0 unspecified atom stereocenters. The van der Waals surface area contributed by atoms with Gasteiger partial charge in [-0.15, -0.1) is 0 Å². The summed E-state index contributed by atoms with van der Waals surface area (Å²) in [6, 6.07) is 10.0. The molecule has 4 heteroatoms. The van der Waals surface area contributed by atoms with Crippen LogP contribution in [0.4, 0.5) is 0 Å². The molecule has 98 valence electrons. The molecular weight excluding hydrogens is 242 g/mol. The van der Waals surface area contributed by atoms with Crippen LogP contribution >= 0.6 is 0 Å². The molecule has 2 rings (SSSR count). The summed E-state index contributed by atoms with van der Waals surface area (Å²) in [5.74, 6) is 0.828. The van der Waals surface area contributed by atoms with Crippen molar-refractivity contribution in [1.82, 2.24) is 0 Å². The summed E-state index contributed by atoms with van der Waals surface area (Å²) < 4.78 is 5.64. The minimum atomic E-state index is -0.461. The molecule has 19 heavy (non-hydrogen) atoms. The van der Waals surface area contributed by atoms with Gasteiger partial charge in [0.05, 0.1) is 0 Å². The lowest BCUT2D eigenvalue weighted by Crippen LogP contribution is -2.12. The van der Waals surface area contributed by atoms with Crippen LogP contribution in [0.3, 0.4) is 0 Å². The Bertz CT molecular complexity index is 615. The van der Waals surface area contributed by atoms with Gasteiger partial charge in [-0.3, -0.25) is 4.79 Å². The second kappa shape index (κ2) is 5.02. The number of nitrogens with two attached hydrogens (primary N) is 1. The molecule has 0 fully saturated rings. The number of ether oxygens (including phenoxy) is 1. The van der Waals surface area contributed by atoms with E-state index in [9.17, 15) is 9.90 Å². The number of rotatable bonds is 3. The van der Waals surface area contributed by atoms with E-state index < -0.39 is 5.91 Å². The third-order valence-electron chi connectivity index (χ3n) is 2.73. The fourth-order valence-electron chi connectivity index (χ4n) is 1.90. The zero-order chi connectivity index (χ0) is 14.0. The van der Waals surface area contributed by atoms with E-state index in [-0.39, 0.29) is 5.75 Å². The lowest BCUT2D eigenvalue weighted by molar-refractivity contribution is 0.0999. The number of aryl methyl sites for hydroxylation is 2. The van der Waals surface area contributed by atoms with Crippen molar-refractivity contribution >= 4 is 5.91 Å². The van der Waals surface area contributed by atoms with Crippen LogP contribution in [0.25, 0.3) is 0 Å². The van der Waals surface area contributed by atoms with Crippen LogP contribution in [0.1, 0.15) is 21.5 Å². The van der Waals surface area contributed by atoms with E-state index in [1.807, 2.05) is 13.0 Å². The zero-order valence-corrected chi connectivity index (χ0v) is 10.8. The molecule has 0 saturated heterocycles. The SMILES string of the molecule is Cc1cc(O)cc(Oc2ccc(C(N)=O)c(C)c2)c1. The Hall–Kier alpha value is -2.49. The van der Waals surface area contributed by atoms with E-state index in [2.05, 4.69) is 0 Å². The monoisotopic (exact) mass is 257 g/mol. The molecule has 0 aliphatic heterocycles. The van der Waals surface area contributed by atoms with Gasteiger partial charge >= 0.3 is 0 Å². The van der Waals surface area contributed by atoms with Crippen molar-refractivity contribution in [3.63, 3.8) is 0 Å². The van der Waals surface area contributed by atoms with E-state index in [1.165, 1.54) is 6.07 Å². The molecule has 0 aliphatic carbocycles. The average molecular weight is 257 g/mol. The number of benzene rings is 2. The van der Waals surface area contributed by atoms with Gasteiger partial charge in [0.1, 0.15) is 17.2 Å². The summed E-state index contributed by atoms with van der Waals surface area (Å²) in [5, 5.41) is 9.50.